The van der Waals surface area contributed by atoms with Gasteiger partial charge in [0.25, 0.3) is 0 Å². The Morgan fingerprint density at radius 1 is 1.38 bits per heavy atom. The molecule has 0 fully saturated rings. The molecule has 7 nitrogen and oxygen atoms in total. The van der Waals surface area contributed by atoms with Gasteiger partial charge in [-0.2, -0.15) is 5.10 Å². The fourth-order valence-corrected chi connectivity index (χ4v) is 1.87. The lowest BCUT2D eigenvalue weighted by molar-refractivity contribution is 0.235. The number of rotatable bonds is 6. The minimum atomic E-state index is -0.240. The van der Waals surface area contributed by atoms with Gasteiger partial charge in [-0.05, 0) is 31.0 Å². The van der Waals surface area contributed by atoms with Crippen LogP contribution in [0.4, 0.5) is 4.79 Å². The molecule has 7 heteroatoms. The lowest BCUT2D eigenvalue weighted by atomic mass is 10.1. The highest BCUT2D eigenvalue weighted by Crippen LogP contribution is 2.14. The van der Waals surface area contributed by atoms with E-state index in [0.717, 1.165) is 11.3 Å². The number of nitrogens with zero attached hydrogens (tertiary/aromatic N) is 3. The van der Waals surface area contributed by atoms with Crippen molar-refractivity contribution in [2.24, 2.45) is 0 Å². The minimum Gasteiger partial charge on any atom is -0.396 e. The van der Waals surface area contributed by atoms with Gasteiger partial charge in [-0.3, -0.25) is 0 Å². The van der Waals surface area contributed by atoms with Gasteiger partial charge in [0.1, 0.15) is 12.7 Å². The van der Waals surface area contributed by atoms with E-state index < -0.39 is 0 Å². The van der Waals surface area contributed by atoms with Crippen LogP contribution in [0.5, 0.6) is 0 Å². The standard InChI is InChI=1S/C14H19N5O2/c1-11(18-14(21)16-7-2-8-20)12-3-5-13(6-4-12)19-10-15-9-17-19/h3-6,9-11,20H,2,7-8H2,1H3,(H2,16,18,21). The van der Waals surface area contributed by atoms with Crippen molar-refractivity contribution in [1.82, 2.24) is 25.4 Å². The zero-order valence-corrected chi connectivity index (χ0v) is 11.9. The smallest absolute Gasteiger partial charge is 0.315 e. The fraction of sp³-hybridized carbons (Fsp3) is 0.357. The first-order chi connectivity index (χ1) is 10.2. The van der Waals surface area contributed by atoms with Crippen LogP contribution in [-0.2, 0) is 0 Å². The molecule has 0 radical (unpaired) electrons. The van der Waals surface area contributed by atoms with Crippen LogP contribution in [0.25, 0.3) is 5.69 Å². The number of hydrogen-bond acceptors (Lipinski definition) is 4. The first kappa shape index (κ1) is 15.0. The summed E-state index contributed by atoms with van der Waals surface area (Å²) in [6, 6.07) is 7.38. The first-order valence-corrected chi connectivity index (χ1v) is 6.81. The van der Waals surface area contributed by atoms with E-state index >= 15 is 0 Å². The van der Waals surface area contributed by atoms with E-state index in [1.165, 1.54) is 6.33 Å². The van der Waals surface area contributed by atoms with Crippen LogP contribution in [0.2, 0.25) is 0 Å². The molecule has 21 heavy (non-hydrogen) atoms. The highest BCUT2D eigenvalue weighted by atomic mass is 16.3. The molecule has 1 heterocycles. The van der Waals surface area contributed by atoms with E-state index in [1.54, 1.807) is 11.0 Å². The number of aliphatic hydroxyl groups is 1. The minimum absolute atomic E-state index is 0.0690. The highest BCUT2D eigenvalue weighted by molar-refractivity contribution is 5.74. The van der Waals surface area contributed by atoms with E-state index in [-0.39, 0.29) is 18.7 Å². The van der Waals surface area contributed by atoms with Crippen molar-refractivity contribution >= 4 is 6.03 Å². The van der Waals surface area contributed by atoms with Crippen molar-refractivity contribution in [2.45, 2.75) is 19.4 Å². The third-order valence-electron chi connectivity index (χ3n) is 3.04. The quantitative estimate of drug-likeness (QED) is 0.692. The number of aromatic nitrogens is 3. The molecule has 112 valence electrons. The van der Waals surface area contributed by atoms with Crippen molar-refractivity contribution < 1.29 is 9.90 Å². The molecule has 0 aliphatic carbocycles. The number of benzene rings is 1. The molecular formula is C14H19N5O2. The molecule has 1 aromatic heterocycles. The second-order valence-corrected chi connectivity index (χ2v) is 4.63. The lowest BCUT2D eigenvalue weighted by Gasteiger charge is -2.15. The van der Waals surface area contributed by atoms with Gasteiger partial charge in [-0.1, -0.05) is 12.1 Å². The Morgan fingerprint density at radius 2 is 2.14 bits per heavy atom. The molecule has 0 saturated carbocycles. The van der Waals surface area contributed by atoms with Crippen LogP contribution in [0, 0.1) is 0 Å². The van der Waals surface area contributed by atoms with Crippen molar-refractivity contribution in [3.05, 3.63) is 42.5 Å². The Bertz CT molecular complexity index is 553. The summed E-state index contributed by atoms with van der Waals surface area (Å²) >= 11 is 0. The molecule has 3 N–H and O–H groups in total. The number of hydrogen-bond donors (Lipinski definition) is 3. The Hall–Kier alpha value is -2.41. The number of carbonyl (C=O) groups excluding carboxylic acids is 1. The van der Waals surface area contributed by atoms with Crippen LogP contribution in [0.1, 0.15) is 24.9 Å². The van der Waals surface area contributed by atoms with Gasteiger partial charge >= 0.3 is 6.03 Å². The van der Waals surface area contributed by atoms with Crippen molar-refractivity contribution in [3.8, 4) is 5.69 Å². The summed E-state index contributed by atoms with van der Waals surface area (Å²) < 4.78 is 1.67. The normalized spacial score (nSPS) is 11.9. The zero-order valence-electron chi connectivity index (χ0n) is 11.9. The van der Waals surface area contributed by atoms with Gasteiger partial charge in [0, 0.05) is 13.2 Å². The molecule has 1 aromatic carbocycles. The summed E-state index contributed by atoms with van der Waals surface area (Å²) in [7, 11) is 0. The van der Waals surface area contributed by atoms with Crippen LogP contribution in [-0.4, -0.2) is 39.1 Å². The molecule has 2 rings (SSSR count). The Morgan fingerprint density at radius 3 is 2.76 bits per heavy atom. The average molecular weight is 289 g/mol. The zero-order chi connectivity index (χ0) is 15.1. The van der Waals surface area contributed by atoms with Crippen LogP contribution in [0.3, 0.4) is 0 Å². The van der Waals surface area contributed by atoms with Crippen LogP contribution >= 0.6 is 0 Å². The molecule has 1 unspecified atom stereocenters. The summed E-state index contributed by atoms with van der Waals surface area (Å²) in [5.74, 6) is 0. The Kier molecular flexibility index (Phi) is 5.28. The Labute approximate surface area is 123 Å². The molecule has 0 aliphatic heterocycles. The monoisotopic (exact) mass is 289 g/mol. The van der Waals surface area contributed by atoms with E-state index in [0.29, 0.717) is 13.0 Å². The summed E-state index contributed by atoms with van der Waals surface area (Å²) in [6.07, 6.45) is 3.66. The van der Waals surface area contributed by atoms with E-state index in [4.69, 9.17) is 5.11 Å². The molecule has 0 saturated heterocycles. The van der Waals surface area contributed by atoms with Gasteiger partial charge < -0.3 is 15.7 Å². The van der Waals surface area contributed by atoms with Crippen LogP contribution < -0.4 is 10.6 Å². The lowest BCUT2D eigenvalue weighted by Crippen LogP contribution is -2.37. The Balaban J connectivity index is 1.90. The van der Waals surface area contributed by atoms with Gasteiger partial charge in [-0.25, -0.2) is 14.5 Å². The highest BCUT2D eigenvalue weighted by Gasteiger charge is 2.09. The fourth-order valence-electron chi connectivity index (χ4n) is 1.87. The molecular weight excluding hydrogens is 270 g/mol. The van der Waals surface area contributed by atoms with Gasteiger partial charge in [0.05, 0.1) is 11.7 Å². The van der Waals surface area contributed by atoms with Gasteiger partial charge in [0.15, 0.2) is 0 Å². The van der Waals surface area contributed by atoms with E-state index in [1.807, 2.05) is 31.2 Å². The topological polar surface area (TPSA) is 92.1 Å². The summed E-state index contributed by atoms with van der Waals surface area (Å²) in [6.45, 7) is 2.44. The number of urea groups is 1. The van der Waals surface area contributed by atoms with Gasteiger partial charge in [0.2, 0.25) is 0 Å². The van der Waals surface area contributed by atoms with Crippen molar-refractivity contribution in [3.63, 3.8) is 0 Å². The second kappa shape index (κ2) is 7.39. The third-order valence-corrected chi connectivity index (χ3v) is 3.04. The number of aliphatic hydroxyl groups excluding tert-OH is 1. The maximum atomic E-state index is 11.6. The third kappa shape index (κ3) is 4.28. The van der Waals surface area contributed by atoms with E-state index in [9.17, 15) is 4.79 Å². The maximum Gasteiger partial charge on any atom is 0.315 e. The average Bonchev–Trinajstić information content (AvgIpc) is 3.02. The largest absolute Gasteiger partial charge is 0.396 e. The summed E-state index contributed by atoms with van der Waals surface area (Å²) in [5, 5.41) is 18.2. The van der Waals surface area contributed by atoms with Crippen molar-refractivity contribution in [1.29, 1.82) is 0 Å². The molecule has 0 aliphatic rings. The number of nitrogens with one attached hydrogen (secondary N) is 2. The molecule has 1 atom stereocenters. The maximum absolute atomic E-state index is 11.6. The van der Waals surface area contributed by atoms with E-state index in [2.05, 4.69) is 20.7 Å². The SMILES string of the molecule is CC(NC(=O)NCCCO)c1ccc(-n2cncn2)cc1. The van der Waals surface area contributed by atoms with Crippen LogP contribution in [0.15, 0.2) is 36.9 Å². The molecule has 0 bridgehead atoms. The molecule has 2 amide bonds. The summed E-state index contributed by atoms with van der Waals surface area (Å²) in [5.41, 5.74) is 1.91. The first-order valence-electron chi connectivity index (χ1n) is 6.81. The number of amides is 2. The van der Waals surface area contributed by atoms with Crippen molar-refractivity contribution in [2.75, 3.05) is 13.2 Å². The molecule has 0 spiro atoms. The predicted molar refractivity (Wildman–Crippen MR) is 78.0 cm³/mol. The summed E-state index contributed by atoms with van der Waals surface area (Å²) in [4.78, 5) is 15.5. The second-order valence-electron chi connectivity index (χ2n) is 4.63. The number of carbonyl (C=O) groups is 1. The van der Waals surface area contributed by atoms with Gasteiger partial charge in [-0.15, -0.1) is 0 Å². The predicted octanol–water partition coefficient (Wildman–Crippen LogP) is 1.01. The molecule has 2 aromatic rings.